The van der Waals surface area contributed by atoms with Crippen molar-refractivity contribution in [3.63, 3.8) is 0 Å². The third-order valence-electron chi connectivity index (χ3n) is 3.65. The van der Waals surface area contributed by atoms with Crippen molar-refractivity contribution in [1.29, 1.82) is 0 Å². The van der Waals surface area contributed by atoms with Gasteiger partial charge in [-0.25, -0.2) is 9.97 Å². The van der Waals surface area contributed by atoms with Crippen molar-refractivity contribution in [2.75, 3.05) is 13.2 Å². The molecule has 2 aromatic rings. The smallest absolute Gasteiger partial charge is 0.320 e. The van der Waals surface area contributed by atoms with Crippen LogP contribution >= 0.6 is 9.47 Å². The molecule has 0 fully saturated rings. The van der Waals surface area contributed by atoms with Crippen LogP contribution in [0, 0.1) is 5.92 Å². The monoisotopic (exact) mass is 376 g/mol. The van der Waals surface area contributed by atoms with Gasteiger partial charge in [-0.1, -0.05) is 6.07 Å². The van der Waals surface area contributed by atoms with Gasteiger partial charge >= 0.3 is 11.9 Å². The number of nitrogens with zero attached hydrogens (tertiary/aromatic N) is 2. The van der Waals surface area contributed by atoms with Crippen LogP contribution in [0.1, 0.15) is 19.4 Å². The molecular weight excluding hydrogens is 355 g/mol. The van der Waals surface area contributed by atoms with Crippen LogP contribution in [0.4, 0.5) is 0 Å². The van der Waals surface area contributed by atoms with Gasteiger partial charge in [0.05, 0.1) is 22.7 Å². The fraction of sp³-hybridized carbons (Fsp3) is 0.333. The van der Waals surface area contributed by atoms with Crippen LogP contribution in [0.2, 0.25) is 0 Å². The third-order valence-corrected chi connectivity index (χ3v) is 3.90. The van der Waals surface area contributed by atoms with Crippen molar-refractivity contribution in [3.8, 4) is 16.9 Å². The van der Waals surface area contributed by atoms with Gasteiger partial charge in [0, 0.05) is 24.4 Å². The Bertz CT molecular complexity index is 737. The molecule has 0 aliphatic rings. The lowest BCUT2D eigenvalue weighted by atomic mass is 9.96. The van der Waals surface area contributed by atoms with Crippen LogP contribution in [0.3, 0.4) is 0 Å². The first-order valence-corrected chi connectivity index (χ1v) is 8.66. The summed E-state index contributed by atoms with van der Waals surface area (Å²) >= 11 is 0. The van der Waals surface area contributed by atoms with Gasteiger partial charge < -0.3 is 14.0 Å². The second-order valence-electron chi connectivity index (χ2n) is 5.33. The van der Waals surface area contributed by atoms with Gasteiger partial charge in [-0.2, -0.15) is 0 Å². The molecule has 1 atom stereocenters. The van der Waals surface area contributed by atoms with Gasteiger partial charge in [-0.15, -0.1) is 0 Å². The maximum Gasteiger partial charge on any atom is 0.320 e. The molecule has 7 nitrogen and oxygen atoms in total. The highest BCUT2D eigenvalue weighted by Crippen LogP contribution is 2.29. The Kier molecular flexibility index (Phi) is 7.48. The number of carbonyl (C=O) groups excluding carboxylic acids is 2. The normalized spacial score (nSPS) is 10.5. The molecule has 138 valence electrons. The summed E-state index contributed by atoms with van der Waals surface area (Å²) in [4.78, 5) is 32.5. The van der Waals surface area contributed by atoms with Gasteiger partial charge in [0.25, 0.3) is 0 Å². The van der Waals surface area contributed by atoms with E-state index in [9.17, 15) is 9.59 Å². The van der Waals surface area contributed by atoms with Crippen LogP contribution in [0.25, 0.3) is 11.1 Å². The lowest BCUT2D eigenvalue weighted by Crippen LogP contribution is -2.30. The molecule has 1 unspecified atom stereocenters. The SMILES string of the molecule is CCOC(=O)C(Cc1cc(-c2cncnc2)ccc1OP)C(=O)OCC. The van der Waals surface area contributed by atoms with Crippen molar-refractivity contribution < 1.29 is 23.6 Å². The van der Waals surface area contributed by atoms with Crippen LogP contribution in [0.15, 0.2) is 36.9 Å². The molecule has 0 saturated carbocycles. The minimum absolute atomic E-state index is 0.100. The molecule has 1 aromatic heterocycles. The predicted molar refractivity (Wildman–Crippen MR) is 98.3 cm³/mol. The van der Waals surface area contributed by atoms with E-state index in [0.717, 1.165) is 11.1 Å². The van der Waals surface area contributed by atoms with Gasteiger partial charge in [0.1, 0.15) is 12.1 Å². The minimum atomic E-state index is -1.06. The molecule has 0 bridgehead atoms. The van der Waals surface area contributed by atoms with Crippen LogP contribution < -0.4 is 4.52 Å². The van der Waals surface area contributed by atoms with Crippen LogP contribution in [-0.4, -0.2) is 35.1 Å². The number of carbonyl (C=O) groups is 2. The number of rotatable bonds is 8. The number of benzene rings is 1. The van der Waals surface area contributed by atoms with Crippen LogP contribution in [0.5, 0.6) is 5.75 Å². The maximum atomic E-state index is 12.2. The third kappa shape index (κ3) is 4.99. The van der Waals surface area contributed by atoms with E-state index < -0.39 is 17.9 Å². The number of ether oxygens (including phenoxy) is 2. The molecule has 0 spiro atoms. The number of esters is 2. The van der Waals surface area contributed by atoms with Gasteiger partial charge in [-0.3, -0.25) is 9.59 Å². The van der Waals surface area contributed by atoms with E-state index in [0.29, 0.717) is 11.3 Å². The molecule has 0 aliphatic heterocycles. The summed E-state index contributed by atoms with van der Waals surface area (Å²) in [5.74, 6) is -1.76. The fourth-order valence-electron chi connectivity index (χ4n) is 2.45. The van der Waals surface area contributed by atoms with E-state index >= 15 is 0 Å². The molecule has 0 amide bonds. The van der Waals surface area contributed by atoms with E-state index in [2.05, 4.69) is 19.4 Å². The number of hydrogen-bond acceptors (Lipinski definition) is 7. The first kappa shape index (κ1) is 19.8. The average Bonchev–Trinajstić information content (AvgIpc) is 2.66. The summed E-state index contributed by atoms with van der Waals surface area (Å²) in [5.41, 5.74) is 2.33. The standard InChI is InChI=1S/C18H21N2O5P/c1-3-23-17(21)15(18(22)24-4-2)8-13-7-12(5-6-16(13)25-26)14-9-19-11-20-10-14/h5-7,9-11,15H,3-4,8,26H2,1-2H3. The predicted octanol–water partition coefficient (Wildman–Crippen LogP) is 2.60. The van der Waals surface area contributed by atoms with Crippen molar-refractivity contribution in [1.82, 2.24) is 9.97 Å². The minimum Gasteiger partial charge on any atom is -0.480 e. The summed E-state index contributed by atoms with van der Waals surface area (Å²) in [7, 11) is 2.17. The molecule has 0 radical (unpaired) electrons. The summed E-state index contributed by atoms with van der Waals surface area (Å²) in [6, 6.07) is 5.45. The van der Waals surface area contributed by atoms with Gasteiger partial charge in [-0.05, 0) is 37.1 Å². The average molecular weight is 376 g/mol. The van der Waals surface area contributed by atoms with Crippen molar-refractivity contribution in [2.24, 2.45) is 5.92 Å². The molecule has 2 rings (SSSR count). The van der Waals surface area contributed by atoms with Gasteiger partial charge in [0.2, 0.25) is 0 Å². The quantitative estimate of drug-likeness (QED) is 0.397. The second-order valence-corrected chi connectivity index (χ2v) is 5.56. The molecule has 8 heteroatoms. The highest BCUT2D eigenvalue weighted by Gasteiger charge is 2.31. The molecule has 0 aliphatic carbocycles. The second kappa shape index (κ2) is 9.82. The largest absolute Gasteiger partial charge is 0.480 e. The Morgan fingerprint density at radius 2 is 1.65 bits per heavy atom. The summed E-state index contributed by atoms with van der Waals surface area (Å²) < 4.78 is 15.4. The van der Waals surface area contributed by atoms with E-state index in [1.807, 2.05) is 12.1 Å². The van der Waals surface area contributed by atoms with Crippen molar-refractivity contribution in [2.45, 2.75) is 20.3 Å². The van der Waals surface area contributed by atoms with E-state index in [4.69, 9.17) is 14.0 Å². The highest BCUT2D eigenvalue weighted by molar-refractivity contribution is 7.10. The number of aromatic nitrogens is 2. The first-order chi connectivity index (χ1) is 12.6. The Morgan fingerprint density at radius 1 is 1.04 bits per heavy atom. The molecule has 1 aromatic carbocycles. The highest BCUT2D eigenvalue weighted by atomic mass is 31.0. The van der Waals surface area contributed by atoms with E-state index in [1.165, 1.54) is 6.33 Å². The van der Waals surface area contributed by atoms with Crippen molar-refractivity contribution >= 4 is 21.4 Å². The van der Waals surface area contributed by atoms with Gasteiger partial charge in [0.15, 0.2) is 5.92 Å². The summed E-state index contributed by atoms with van der Waals surface area (Å²) in [6.45, 7) is 3.74. The molecule has 0 saturated heterocycles. The Labute approximate surface area is 154 Å². The zero-order valence-electron chi connectivity index (χ0n) is 14.7. The topological polar surface area (TPSA) is 87.6 Å². The molecular formula is C18H21N2O5P. The molecule has 1 heterocycles. The zero-order valence-corrected chi connectivity index (χ0v) is 15.8. The van der Waals surface area contributed by atoms with Crippen LogP contribution in [-0.2, 0) is 25.5 Å². The number of hydrogen-bond donors (Lipinski definition) is 0. The summed E-state index contributed by atoms with van der Waals surface area (Å²) in [5, 5.41) is 0. The first-order valence-electron chi connectivity index (χ1n) is 8.19. The summed E-state index contributed by atoms with van der Waals surface area (Å²) in [6.07, 6.45) is 4.91. The lowest BCUT2D eigenvalue weighted by molar-refractivity contribution is -0.161. The maximum absolute atomic E-state index is 12.2. The van der Waals surface area contributed by atoms with Crippen molar-refractivity contribution in [3.05, 3.63) is 42.5 Å². The Balaban J connectivity index is 2.36. The fourth-order valence-corrected chi connectivity index (χ4v) is 2.68. The Morgan fingerprint density at radius 3 is 2.19 bits per heavy atom. The van der Waals surface area contributed by atoms with E-state index in [1.54, 1.807) is 32.3 Å². The zero-order chi connectivity index (χ0) is 18.9. The van der Waals surface area contributed by atoms with E-state index in [-0.39, 0.29) is 19.6 Å². The Hall–Kier alpha value is -2.53. The lowest BCUT2D eigenvalue weighted by Gasteiger charge is -2.17. The molecule has 26 heavy (non-hydrogen) atoms. The molecule has 0 N–H and O–H groups in total.